The zero-order chi connectivity index (χ0) is 8.27. The van der Waals surface area contributed by atoms with Crippen LogP contribution in [0.3, 0.4) is 0 Å². The smallest absolute Gasteiger partial charge is 0.139 e. The van der Waals surface area contributed by atoms with Crippen molar-refractivity contribution in [3.05, 3.63) is 0 Å². The average molecular weight is 161 g/mol. The van der Waals surface area contributed by atoms with Crippen molar-refractivity contribution in [3.8, 4) is 0 Å². The molecule has 1 aliphatic heterocycles. The van der Waals surface area contributed by atoms with Gasteiger partial charge in [0, 0.05) is 18.7 Å². The Balaban J connectivity index is 2.29. The van der Waals surface area contributed by atoms with Crippen LogP contribution in [0.1, 0.15) is 20.3 Å². The lowest BCUT2D eigenvalue weighted by Gasteiger charge is -2.28. The van der Waals surface area contributed by atoms with Gasteiger partial charge in [0.15, 0.2) is 0 Å². The van der Waals surface area contributed by atoms with E-state index in [0.29, 0.717) is 12.6 Å². The Morgan fingerprint density at radius 2 is 2.27 bits per heavy atom. The highest BCUT2D eigenvalue weighted by Crippen LogP contribution is 2.11. The predicted octanol–water partition coefficient (Wildman–Crippen LogP) is 1.11. The fraction of sp³-hybridized carbons (Fsp3) is 1.00. The van der Waals surface area contributed by atoms with Gasteiger partial charge in [0.1, 0.15) is 6.17 Å². The minimum Gasteiger partial charge on any atom is -0.378 e. The number of ether oxygens (including phenoxy) is 1. The summed E-state index contributed by atoms with van der Waals surface area (Å²) in [7, 11) is 0. The van der Waals surface area contributed by atoms with Crippen molar-refractivity contribution < 1.29 is 9.13 Å². The van der Waals surface area contributed by atoms with Crippen LogP contribution in [0.5, 0.6) is 0 Å². The lowest BCUT2D eigenvalue weighted by molar-refractivity contribution is 0.0120. The van der Waals surface area contributed by atoms with Crippen LogP contribution >= 0.6 is 0 Å². The SMILES string of the molecule is CC(C)N[C@@H]1CCOC[C@H]1F. The minimum absolute atomic E-state index is 0.00347. The summed E-state index contributed by atoms with van der Waals surface area (Å²) >= 11 is 0. The van der Waals surface area contributed by atoms with Gasteiger partial charge in [-0.25, -0.2) is 4.39 Å². The van der Waals surface area contributed by atoms with Gasteiger partial charge in [0.25, 0.3) is 0 Å². The van der Waals surface area contributed by atoms with Crippen molar-refractivity contribution >= 4 is 0 Å². The largest absolute Gasteiger partial charge is 0.378 e. The Morgan fingerprint density at radius 1 is 1.55 bits per heavy atom. The molecule has 0 unspecified atom stereocenters. The van der Waals surface area contributed by atoms with Crippen molar-refractivity contribution in [2.45, 2.75) is 38.5 Å². The Hall–Kier alpha value is -0.150. The normalized spacial score (nSPS) is 32.7. The third-order valence-corrected chi connectivity index (χ3v) is 1.83. The maximum Gasteiger partial charge on any atom is 0.139 e. The molecule has 1 aliphatic rings. The molecule has 2 nitrogen and oxygen atoms in total. The summed E-state index contributed by atoms with van der Waals surface area (Å²) in [6.45, 7) is 5.00. The molecule has 0 bridgehead atoms. The van der Waals surface area contributed by atoms with Crippen LogP contribution in [0.25, 0.3) is 0 Å². The Bertz CT molecular complexity index is 119. The summed E-state index contributed by atoms with van der Waals surface area (Å²) in [6, 6.07) is 0.361. The predicted molar refractivity (Wildman–Crippen MR) is 42.4 cm³/mol. The van der Waals surface area contributed by atoms with E-state index in [1.807, 2.05) is 13.8 Å². The van der Waals surface area contributed by atoms with Crippen LogP contribution in [-0.4, -0.2) is 31.5 Å². The molecule has 0 saturated carbocycles. The summed E-state index contributed by atoms with van der Waals surface area (Å²) in [5.41, 5.74) is 0. The van der Waals surface area contributed by atoms with Gasteiger partial charge in [-0.05, 0) is 6.42 Å². The molecule has 11 heavy (non-hydrogen) atoms. The quantitative estimate of drug-likeness (QED) is 0.655. The van der Waals surface area contributed by atoms with E-state index in [4.69, 9.17) is 4.74 Å². The zero-order valence-corrected chi connectivity index (χ0v) is 7.14. The molecular formula is C8H16FNO. The Labute approximate surface area is 67.1 Å². The van der Waals surface area contributed by atoms with Crippen LogP contribution < -0.4 is 5.32 Å². The summed E-state index contributed by atoms with van der Waals surface area (Å²) in [4.78, 5) is 0. The lowest BCUT2D eigenvalue weighted by Crippen LogP contribution is -2.46. The van der Waals surface area contributed by atoms with Gasteiger partial charge in [-0.15, -0.1) is 0 Å². The lowest BCUT2D eigenvalue weighted by atomic mass is 10.1. The van der Waals surface area contributed by atoms with E-state index < -0.39 is 6.17 Å². The molecule has 0 amide bonds. The number of halogens is 1. The molecule has 1 saturated heterocycles. The van der Waals surface area contributed by atoms with Crippen LogP contribution in [0, 0.1) is 0 Å². The summed E-state index contributed by atoms with van der Waals surface area (Å²) in [5, 5.41) is 3.18. The van der Waals surface area contributed by atoms with Crippen molar-refractivity contribution in [1.29, 1.82) is 0 Å². The van der Waals surface area contributed by atoms with Crippen molar-refractivity contribution in [2.75, 3.05) is 13.2 Å². The number of rotatable bonds is 2. The third-order valence-electron chi connectivity index (χ3n) is 1.83. The van der Waals surface area contributed by atoms with Gasteiger partial charge < -0.3 is 10.1 Å². The van der Waals surface area contributed by atoms with Crippen LogP contribution in [0.4, 0.5) is 4.39 Å². The minimum atomic E-state index is -0.828. The number of hydrogen-bond acceptors (Lipinski definition) is 2. The molecule has 3 heteroatoms. The maximum absolute atomic E-state index is 13.0. The molecule has 0 aromatic heterocycles. The first kappa shape index (κ1) is 8.94. The number of hydrogen-bond donors (Lipinski definition) is 1. The average Bonchev–Trinajstić information content (AvgIpc) is 1.93. The number of nitrogens with one attached hydrogen (secondary N) is 1. The third kappa shape index (κ3) is 2.75. The van der Waals surface area contributed by atoms with Crippen molar-refractivity contribution in [3.63, 3.8) is 0 Å². The van der Waals surface area contributed by atoms with E-state index in [-0.39, 0.29) is 12.6 Å². The van der Waals surface area contributed by atoms with Crippen LogP contribution in [-0.2, 0) is 4.74 Å². The van der Waals surface area contributed by atoms with Gasteiger partial charge in [0.2, 0.25) is 0 Å². The highest BCUT2D eigenvalue weighted by molar-refractivity contribution is 4.80. The molecule has 1 N–H and O–H groups in total. The molecule has 1 heterocycles. The summed E-state index contributed by atoms with van der Waals surface area (Å²) < 4.78 is 18.0. The van der Waals surface area contributed by atoms with Crippen molar-refractivity contribution in [2.24, 2.45) is 0 Å². The maximum atomic E-state index is 13.0. The van der Waals surface area contributed by atoms with Crippen molar-refractivity contribution in [1.82, 2.24) is 5.32 Å². The molecule has 1 rings (SSSR count). The molecule has 2 atom stereocenters. The second kappa shape index (κ2) is 4.02. The first-order valence-electron chi connectivity index (χ1n) is 4.18. The molecule has 0 aliphatic carbocycles. The molecule has 0 radical (unpaired) electrons. The van der Waals surface area contributed by atoms with Crippen LogP contribution in [0.15, 0.2) is 0 Å². The fourth-order valence-corrected chi connectivity index (χ4v) is 1.32. The molecule has 0 spiro atoms. The standard InChI is InChI=1S/C8H16FNO/c1-6(2)10-8-3-4-11-5-7(8)9/h6-8,10H,3-5H2,1-2H3/t7-,8-/m1/s1. The molecule has 1 fully saturated rings. The van der Waals surface area contributed by atoms with Gasteiger partial charge in [-0.1, -0.05) is 13.8 Å². The number of alkyl halides is 1. The fourth-order valence-electron chi connectivity index (χ4n) is 1.32. The van der Waals surface area contributed by atoms with E-state index in [2.05, 4.69) is 5.32 Å². The van der Waals surface area contributed by atoms with Gasteiger partial charge in [0.05, 0.1) is 6.61 Å². The summed E-state index contributed by atoms with van der Waals surface area (Å²) in [5.74, 6) is 0. The van der Waals surface area contributed by atoms with E-state index in [1.54, 1.807) is 0 Å². The van der Waals surface area contributed by atoms with E-state index >= 15 is 0 Å². The summed E-state index contributed by atoms with van der Waals surface area (Å²) in [6.07, 6.45) is -0.0366. The topological polar surface area (TPSA) is 21.3 Å². The molecular weight excluding hydrogens is 145 g/mol. The second-order valence-electron chi connectivity index (χ2n) is 3.31. The highest BCUT2D eigenvalue weighted by Gasteiger charge is 2.25. The van der Waals surface area contributed by atoms with Gasteiger partial charge >= 0.3 is 0 Å². The Morgan fingerprint density at radius 3 is 2.82 bits per heavy atom. The Kier molecular flexibility index (Phi) is 3.27. The monoisotopic (exact) mass is 161 g/mol. The van der Waals surface area contributed by atoms with Gasteiger partial charge in [-0.2, -0.15) is 0 Å². The molecule has 0 aromatic rings. The second-order valence-corrected chi connectivity index (χ2v) is 3.31. The van der Waals surface area contributed by atoms with Crippen LogP contribution in [0.2, 0.25) is 0 Å². The van der Waals surface area contributed by atoms with E-state index in [9.17, 15) is 4.39 Å². The molecule has 66 valence electrons. The zero-order valence-electron chi connectivity index (χ0n) is 7.14. The molecule has 0 aromatic carbocycles. The first-order valence-corrected chi connectivity index (χ1v) is 4.18. The van der Waals surface area contributed by atoms with E-state index in [0.717, 1.165) is 6.42 Å². The van der Waals surface area contributed by atoms with E-state index in [1.165, 1.54) is 0 Å². The first-order chi connectivity index (χ1) is 5.20. The highest BCUT2D eigenvalue weighted by atomic mass is 19.1. The van der Waals surface area contributed by atoms with Gasteiger partial charge in [-0.3, -0.25) is 0 Å².